The number of aryl methyl sites for hydroxylation is 1. The van der Waals surface area contributed by atoms with Crippen molar-refractivity contribution in [2.45, 2.75) is 25.3 Å². The van der Waals surface area contributed by atoms with E-state index in [1.54, 1.807) is 0 Å². The monoisotopic (exact) mass is 302 g/mol. The maximum absolute atomic E-state index is 5.67. The number of nitrogens with zero attached hydrogens (tertiary/aromatic N) is 1. The average molecular weight is 302 g/mol. The molecule has 21 heavy (non-hydrogen) atoms. The second-order valence-corrected chi connectivity index (χ2v) is 6.50. The molecule has 1 aromatic heterocycles. The van der Waals surface area contributed by atoms with Crippen molar-refractivity contribution in [2.75, 3.05) is 20.3 Å². The first-order chi connectivity index (χ1) is 10.3. The predicted octanol–water partition coefficient (Wildman–Crippen LogP) is 3.18. The molecule has 0 saturated carbocycles. The van der Waals surface area contributed by atoms with Crippen LogP contribution >= 0.6 is 11.3 Å². The van der Waals surface area contributed by atoms with Gasteiger partial charge < -0.3 is 14.8 Å². The molecular weight excluding hydrogens is 284 g/mol. The molecule has 2 aromatic rings. The van der Waals surface area contributed by atoms with E-state index in [1.807, 2.05) is 30.5 Å². The Hall–Kier alpha value is -1.59. The number of ether oxygens (including phenoxy) is 2. The molecule has 1 aliphatic carbocycles. The van der Waals surface area contributed by atoms with E-state index in [0.717, 1.165) is 28.5 Å². The molecule has 1 unspecified atom stereocenters. The number of nitrogens with one attached hydrogen (secondary N) is 1. The average Bonchev–Trinajstić information content (AvgIpc) is 2.98. The van der Waals surface area contributed by atoms with Gasteiger partial charge in [0.1, 0.15) is 18.2 Å². The molecule has 1 aliphatic heterocycles. The molecule has 1 aromatic carbocycles. The summed E-state index contributed by atoms with van der Waals surface area (Å²) in [5.41, 5.74) is 2.35. The van der Waals surface area contributed by atoms with Crippen LogP contribution in [0.1, 0.15) is 29.5 Å². The van der Waals surface area contributed by atoms with Gasteiger partial charge in [-0.25, -0.2) is 4.98 Å². The minimum absolute atomic E-state index is 0.399. The molecule has 0 fully saturated rings. The largest absolute Gasteiger partial charge is 0.486 e. The number of hydrogen-bond donors (Lipinski definition) is 1. The summed E-state index contributed by atoms with van der Waals surface area (Å²) in [5, 5.41) is 4.46. The van der Waals surface area contributed by atoms with Crippen LogP contribution in [0, 0.1) is 0 Å². The Labute approximate surface area is 128 Å². The van der Waals surface area contributed by atoms with Crippen molar-refractivity contribution in [1.29, 1.82) is 0 Å². The van der Waals surface area contributed by atoms with E-state index in [2.05, 4.69) is 11.4 Å². The summed E-state index contributed by atoms with van der Waals surface area (Å²) in [6.07, 6.45) is 3.56. The first kappa shape index (κ1) is 13.1. The summed E-state index contributed by atoms with van der Waals surface area (Å²) in [6.45, 7) is 1.24. The lowest BCUT2D eigenvalue weighted by Gasteiger charge is -2.19. The number of aromatic nitrogens is 1. The summed E-state index contributed by atoms with van der Waals surface area (Å²) in [6, 6.07) is 6.51. The fourth-order valence-electron chi connectivity index (χ4n) is 3.00. The third-order valence-corrected chi connectivity index (χ3v) is 5.27. The van der Waals surface area contributed by atoms with Crippen LogP contribution < -0.4 is 14.8 Å². The Morgan fingerprint density at radius 3 is 2.95 bits per heavy atom. The van der Waals surface area contributed by atoms with Crippen molar-refractivity contribution in [1.82, 2.24) is 10.3 Å². The molecule has 5 heteroatoms. The van der Waals surface area contributed by atoms with Gasteiger partial charge in [-0.1, -0.05) is 0 Å². The van der Waals surface area contributed by atoms with Crippen LogP contribution in [-0.2, 0) is 6.42 Å². The smallest absolute Gasteiger partial charge is 0.162 e. The second-order valence-electron chi connectivity index (χ2n) is 5.42. The Morgan fingerprint density at radius 1 is 1.24 bits per heavy atom. The third-order valence-electron chi connectivity index (χ3n) is 4.09. The molecule has 1 atom stereocenters. The SMILES string of the molecule is CNC1CCCc2sc(-c3ccc4c(c3)OCCO4)nc21. The quantitative estimate of drug-likeness (QED) is 0.925. The van der Waals surface area contributed by atoms with E-state index in [1.165, 1.54) is 23.4 Å². The fraction of sp³-hybridized carbons (Fsp3) is 0.438. The zero-order valence-corrected chi connectivity index (χ0v) is 12.8. The van der Waals surface area contributed by atoms with E-state index in [9.17, 15) is 0 Å². The van der Waals surface area contributed by atoms with Gasteiger partial charge >= 0.3 is 0 Å². The van der Waals surface area contributed by atoms with Gasteiger partial charge in [0.15, 0.2) is 11.5 Å². The summed E-state index contributed by atoms with van der Waals surface area (Å²) in [4.78, 5) is 6.30. The molecular formula is C16H18N2O2S. The Morgan fingerprint density at radius 2 is 2.10 bits per heavy atom. The maximum atomic E-state index is 5.67. The van der Waals surface area contributed by atoms with Crippen molar-refractivity contribution in [3.05, 3.63) is 28.8 Å². The van der Waals surface area contributed by atoms with Crippen LogP contribution in [0.15, 0.2) is 18.2 Å². The molecule has 2 heterocycles. The molecule has 0 saturated heterocycles. The van der Waals surface area contributed by atoms with Gasteiger partial charge in [0.2, 0.25) is 0 Å². The van der Waals surface area contributed by atoms with E-state index in [4.69, 9.17) is 14.5 Å². The number of hydrogen-bond acceptors (Lipinski definition) is 5. The molecule has 4 rings (SSSR count). The van der Waals surface area contributed by atoms with E-state index >= 15 is 0 Å². The van der Waals surface area contributed by atoms with Gasteiger partial charge in [-0.15, -0.1) is 11.3 Å². The molecule has 0 spiro atoms. The van der Waals surface area contributed by atoms with Crippen molar-refractivity contribution >= 4 is 11.3 Å². The summed E-state index contributed by atoms with van der Waals surface area (Å²) < 4.78 is 11.2. The Bertz CT molecular complexity index is 668. The molecule has 0 bridgehead atoms. The zero-order chi connectivity index (χ0) is 14.2. The minimum Gasteiger partial charge on any atom is -0.486 e. The van der Waals surface area contributed by atoms with Gasteiger partial charge in [0.25, 0.3) is 0 Å². The highest BCUT2D eigenvalue weighted by atomic mass is 32.1. The summed E-state index contributed by atoms with van der Waals surface area (Å²) >= 11 is 1.81. The van der Waals surface area contributed by atoms with Gasteiger partial charge in [-0.05, 0) is 44.5 Å². The van der Waals surface area contributed by atoms with E-state index in [-0.39, 0.29) is 0 Å². The molecule has 0 radical (unpaired) electrons. The number of fused-ring (bicyclic) bond motifs is 2. The zero-order valence-electron chi connectivity index (χ0n) is 12.0. The Balaban J connectivity index is 1.72. The van der Waals surface area contributed by atoms with Crippen molar-refractivity contribution in [2.24, 2.45) is 0 Å². The predicted molar refractivity (Wildman–Crippen MR) is 83.3 cm³/mol. The third kappa shape index (κ3) is 2.30. The first-order valence-electron chi connectivity index (χ1n) is 7.42. The lowest BCUT2D eigenvalue weighted by Crippen LogP contribution is -2.21. The van der Waals surface area contributed by atoms with Crippen LogP contribution in [-0.4, -0.2) is 25.2 Å². The molecule has 4 nitrogen and oxygen atoms in total. The standard InChI is InChI=1S/C16H18N2O2S/c1-17-11-3-2-4-14-15(11)18-16(21-14)10-5-6-12-13(9-10)20-8-7-19-12/h5-6,9,11,17H,2-4,7-8H2,1H3. The summed E-state index contributed by atoms with van der Waals surface area (Å²) in [7, 11) is 2.02. The van der Waals surface area contributed by atoms with Crippen LogP contribution in [0.5, 0.6) is 11.5 Å². The highest BCUT2D eigenvalue weighted by molar-refractivity contribution is 7.15. The molecule has 110 valence electrons. The van der Waals surface area contributed by atoms with E-state index < -0.39 is 0 Å². The molecule has 1 N–H and O–H groups in total. The fourth-order valence-corrected chi connectivity index (χ4v) is 4.16. The minimum atomic E-state index is 0.399. The van der Waals surface area contributed by atoms with Gasteiger partial charge in [0.05, 0.1) is 11.7 Å². The maximum Gasteiger partial charge on any atom is 0.162 e. The first-order valence-corrected chi connectivity index (χ1v) is 8.23. The van der Waals surface area contributed by atoms with Crippen LogP contribution in [0.4, 0.5) is 0 Å². The van der Waals surface area contributed by atoms with Crippen LogP contribution in [0.3, 0.4) is 0 Å². The van der Waals surface area contributed by atoms with E-state index in [0.29, 0.717) is 19.3 Å². The Kier molecular flexibility index (Phi) is 3.31. The van der Waals surface area contributed by atoms with Crippen molar-refractivity contribution in [3.8, 4) is 22.1 Å². The highest BCUT2D eigenvalue weighted by Crippen LogP contribution is 2.40. The number of rotatable bonds is 2. The molecule has 2 aliphatic rings. The highest BCUT2D eigenvalue weighted by Gasteiger charge is 2.24. The van der Waals surface area contributed by atoms with Gasteiger partial charge in [-0.3, -0.25) is 0 Å². The lowest BCUT2D eigenvalue weighted by atomic mass is 9.98. The second kappa shape index (κ2) is 5.31. The van der Waals surface area contributed by atoms with Gasteiger partial charge in [0, 0.05) is 10.4 Å². The lowest BCUT2D eigenvalue weighted by molar-refractivity contribution is 0.171. The number of thiazole rings is 1. The van der Waals surface area contributed by atoms with Crippen molar-refractivity contribution < 1.29 is 9.47 Å². The van der Waals surface area contributed by atoms with Crippen molar-refractivity contribution in [3.63, 3.8) is 0 Å². The molecule has 0 amide bonds. The van der Waals surface area contributed by atoms with Crippen LogP contribution in [0.25, 0.3) is 10.6 Å². The topological polar surface area (TPSA) is 43.4 Å². The van der Waals surface area contributed by atoms with Crippen LogP contribution in [0.2, 0.25) is 0 Å². The van der Waals surface area contributed by atoms with Gasteiger partial charge in [-0.2, -0.15) is 0 Å². The number of benzene rings is 1. The normalized spacial score (nSPS) is 20.1. The summed E-state index contributed by atoms with van der Waals surface area (Å²) in [5.74, 6) is 1.66.